The molecule has 352 valence electrons. The van der Waals surface area contributed by atoms with Gasteiger partial charge in [0.2, 0.25) is 5.91 Å². The number of nitrogens with zero attached hydrogens (tertiary/aromatic N) is 3. The number of allylic oxidation sites excluding steroid dienone is 1. The van der Waals surface area contributed by atoms with Crippen LogP contribution in [0.4, 0.5) is 0 Å². The van der Waals surface area contributed by atoms with Crippen molar-refractivity contribution in [3.8, 4) is 0 Å². The second kappa shape index (κ2) is 22.1. The molecule has 0 saturated carbocycles. The zero-order valence-electron chi connectivity index (χ0n) is 41.8. The average molecular weight is 923 g/mol. The molecule has 8 rings (SSSR count). The standard InChI is InChI=1S/C61H73N5OP/c1-9-50-44(5)56-41-59-51(10-2)43(4)55(63-59)40-57-45(6)52(61(65-57)46(7)54-38-42(3)53(62-54)39-58(50)64-56)34-35-60(67)66(8)36-26-15-13-11-12-14-16-27-37-68(47-28-20-17-21-29-47,48-30-22-18-23-31-48)49-32-24-19-25-33-49/h10,17-25,28-33,38-41,45,52,63-64H,2,9,11-16,26-27,34-37H2,1,3-8H3/q+1/t45-,52-/m0/s1. The van der Waals surface area contributed by atoms with Crippen LogP contribution in [0.5, 0.6) is 0 Å². The summed E-state index contributed by atoms with van der Waals surface area (Å²) in [6.07, 6.45) is 17.2. The number of fused-ring (bicyclic) bond motifs is 8. The van der Waals surface area contributed by atoms with E-state index in [4.69, 9.17) is 9.97 Å². The zero-order valence-corrected chi connectivity index (χ0v) is 42.7. The van der Waals surface area contributed by atoms with Gasteiger partial charge in [-0.2, -0.15) is 0 Å². The van der Waals surface area contributed by atoms with Crippen LogP contribution in [0.2, 0.25) is 0 Å². The third kappa shape index (κ3) is 10.3. The summed E-state index contributed by atoms with van der Waals surface area (Å²) >= 11 is 0. The summed E-state index contributed by atoms with van der Waals surface area (Å²) in [6, 6.07) is 40.4. The van der Waals surface area contributed by atoms with Crippen LogP contribution in [0.1, 0.15) is 147 Å². The van der Waals surface area contributed by atoms with Crippen molar-refractivity contribution in [3.05, 3.63) is 166 Å². The number of carbonyl (C=O) groups excluding carboxylic acids is 1. The van der Waals surface area contributed by atoms with E-state index in [9.17, 15) is 4.79 Å². The molecule has 0 radical (unpaired) electrons. The summed E-state index contributed by atoms with van der Waals surface area (Å²) in [7, 11) is 0.228. The Morgan fingerprint density at radius 2 is 1.25 bits per heavy atom. The second-order valence-corrected chi connectivity index (χ2v) is 23.0. The first-order chi connectivity index (χ1) is 33.0. The predicted molar refractivity (Wildman–Crippen MR) is 293 cm³/mol. The number of aromatic nitrogens is 4. The van der Waals surface area contributed by atoms with E-state index in [-0.39, 0.29) is 17.7 Å². The maximum atomic E-state index is 13.8. The van der Waals surface area contributed by atoms with Crippen molar-refractivity contribution < 1.29 is 4.79 Å². The minimum atomic E-state index is -1.76. The minimum Gasteiger partial charge on any atom is -0.355 e. The van der Waals surface area contributed by atoms with Gasteiger partial charge < -0.3 is 14.9 Å². The lowest BCUT2D eigenvalue weighted by molar-refractivity contribution is -0.130. The molecule has 1 amide bonds. The van der Waals surface area contributed by atoms with Gasteiger partial charge in [0.25, 0.3) is 0 Å². The fourth-order valence-electron chi connectivity index (χ4n) is 10.9. The number of benzene rings is 3. The van der Waals surface area contributed by atoms with Crippen LogP contribution in [-0.4, -0.2) is 50.5 Å². The molecule has 68 heavy (non-hydrogen) atoms. The molecule has 3 aromatic carbocycles. The Kier molecular flexibility index (Phi) is 15.8. The van der Waals surface area contributed by atoms with Crippen LogP contribution in [0, 0.1) is 20.8 Å². The molecule has 0 saturated heterocycles. The number of nitrogens with one attached hydrogen (secondary N) is 2. The maximum Gasteiger partial charge on any atom is 0.222 e. The third-order valence-electron chi connectivity index (χ3n) is 15.1. The van der Waals surface area contributed by atoms with E-state index in [0.29, 0.717) is 6.42 Å². The summed E-state index contributed by atoms with van der Waals surface area (Å²) < 4.78 is 0. The van der Waals surface area contributed by atoms with E-state index in [1.807, 2.05) is 18.0 Å². The Morgan fingerprint density at radius 3 is 1.84 bits per heavy atom. The zero-order chi connectivity index (χ0) is 47.8. The molecule has 0 fully saturated rings. The van der Waals surface area contributed by atoms with Crippen LogP contribution in [-0.2, 0) is 11.2 Å². The number of H-pyrrole nitrogens is 2. The Morgan fingerprint density at radius 1 is 0.691 bits per heavy atom. The number of hydrogen-bond donors (Lipinski definition) is 2. The van der Waals surface area contributed by atoms with E-state index in [0.717, 1.165) is 99.3 Å². The van der Waals surface area contributed by atoms with Crippen LogP contribution in [0.25, 0.3) is 39.8 Å². The van der Waals surface area contributed by atoms with Crippen molar-refractivity contribution in [2.75, 3.05) is 19.8 Å². The first-order valence-electron chi connectivity index (χ1n) is 25.4. The number of carbonyl (C=O) groups is 1. The highest BCUT2D eigenvalue weighted by atomic mass is 31.2. The highest BCUT2D eigenvalue weighted by molar-refractivity contribution is 7.95. The van der Waals surface area contributed by atoms with Crippen molar-refractivity contribution in [1.29, 1.82) is 0 Å². The maximum absolute atomic E-state index is 13.8. The number of aromatic amines is 2. The molecular formula is C61H73N5OP+. The van der Waals surface area contributed by atoms with Gasteiger partial charge >= 0.3 is 0 Å². The van der Waals surface area contributed by atoms with Gasteiger partial charge in [-0.25, -0.2) is 4.98 Å². The normalized spacial score (nSPS) is 14.8. The van der Waals surface area contributed by atoms with Gasteiger partial charge in [-0.15, -0.1) is 0 Å². The van der Waals surface area contributed by atoms with Crippen LogP contribution < -0.4 is 15.9 Å². The van der Waals surface area contributed by atoms with Crippen molar-refractivity contribution >= 4 is 68.9 Å². The fourth-order valence-corrected chi connectivity index (χ4v) is 15.3. The molecule has 6 nitrogen and oxygen atoms in total. The highest BCUT2D eigenvalue weighted by Crippen LogP contribution is 2.56. The van der Waals surface area contributed by atoms with Gasteiger partial charge in [-0.3, -0.25) is 9.78 Å². The molecule has 2 aliphatic heterocycles. The Hall–Kier alpha value is -5.84. The molecule has 2 atom stereocenters. The number of rotatable bonds is 19. The topological polar surface area (TPSA) is 77.7 Å². The lowest BCUT2D eigenvalue weighted by atomic mass is 9.85. The lowest BCUT2D eigenvalue weighted by Crippen LogP contribution is -2.33. The van der Waals surface area contributed by atoms with Crippen LogP contribution in [0.3, 0.4) is 0 Å². The smallest absolute Gasteiger partial charge is 0.222 e. The SMILES string of the molecule is C=Cc1c(C)c2cc3nc(c(C)c4nc(cc5[nH]c(cc1[nH]2)c(C)c5CC)C(C)=C4)[C@@H](CCC(=O)N(C)CCCCCCCCCC[P+](c1ccccc1)(c1ccccc1)c1ccccc1)[C@@H]3C. The van der Waals surface area contributed by atoms with Gasteiger partial charge in [-0.05, 0) is 148 Å². The second-order valence-electron chi connectivity index (χ2n) is 19.4. The summed E-state index contributed by atoms with van der Waals surface area (Å²) in [5, 5.41) is 4.42. The first kappa shape index (κ1) is 48.6. The molecule has 8 bridgehead atoms. The molecule has 0 unspecified atom stereocenters. The van der Waals surface area contributed by atoms with E-state index in [1.54, 1.807) is 0 Å². The Balaban J connectivity index is 0.875. The largest absolute Gasteiger partial charge is 0.355 e. The van der Waals surface area contributed by atoms with Gasteiger partial charge in [0.1, 0.15) is 23.2 Å². The molecule has 2 aliphatic rings. The number of aryl methyl sites for hydroxylation is 3. The fraction of sp³-hybridized carbons (Fsp3) is 0.361. The van der Waals surface area contributed by atoms with Crippen molar-refractivity contribution in [1.82, 2.24) is 24.8 Å². The molecule has 7 heteroatoms. The number of unbranched alkanes of at least 4 members (excludes halogenated alkanes) is 7. The van der Waals surface area contributed by atoms with E-state index in [2.05, 4.69) is 173 Å². The van der Waals surface area contributed by atoms with E-state index >= 15 is 0 Å². The highest BCUT2D eigenvalue weighted by Gasteiger charge is 2.44. The van der Waals surface area contributed by atoms with Gasteiger partial charge in [-0.1, -0.05) is 113 Å². The molecule has 5 heterocycles. The van der Waals surface area contributed by atoms with Gasteiger partial charge in [0.15, 0.2) is 0 Å². The Labute approximate surface area is 406 Å². The van der Waals surface area contributed by atoms with Crippen molar-refractivity contribution in [2.24, 2.45) is 0 Å². The summed E-state index contributed by atoms with van der Waals surface area (Å²) in [4.78, 5) is 33.8. The summed E-state index contributed by atoms with van der Waals surface area (Å²) in [5.41, 5.74) is 15.3. The molecular weight excluding hydrogens is 850 g/mol. The van der Waals surface area contributed by atoms with Gasteiger partial charge in [0.05, 0.1) is 17.5 Å². The minimum absolute atomic E-state index is 0.104. The predicted octanol–water partition coefficient (Wildman–Crippen LogP) is 14.2. The molecule has 2 N–H and O–H groups in total. The first-order valence-corrected chi connectivity index (χ1v) is 27.3. The van der Waals surface area contributed by atoms with E-state index < -0.39 is 7.26 Å². The summed E-state index contributed by atoms with van der Waals surface area (Å²) in [6.45, 7) is 18.2. The molecule has 0 aliphatic carbocycles. The third-order valence-corrected chi connectivity index (χ3v) is 19.6. The number of hydrogen-bond acceptors (Lipinski definition) is 3. The molecule has 6 aromatic rings. The van der Waals surface area contributed by atoms with E-state index in [1.165, 1.54) is 71.7 Å². The van der Waals surface area contributed by atoms with Gasteiger partial charge in [0, 0.05) is 70.9 Å². The average Bonchev–Trinajstić information content (AvgIpc) is 4.07. The van der Waals surface area contributed by atoms with Crippen LogP contribution >= 0.6 is 7.26 Å². The quantitative estimate of drug-likeness (QED) is 0.0628. The number of amides is 1. The van der Waals surface area contributed by atoms with Crippen molar-refractivity contribution in [3.63, 3.8) is 0 Å². The summed E-state index contributed by atoms with van der Waals surface area (Å²) in [5.74, 6) is 0.457. The van der Waals surface area contributed by atoms with Crippen LogP contribution in [0.15, 0.2) is 116 Å². The Bertz CT molecular complexity index is 2810. The monoisotopic (exact) mass is 923 g/mol. The molecule has 0 spiro atoms. The molecule has 3 aromatic heterocycles. The lowest BCUT2D eigenvalue weighted by Gasteiger charge is -2.27. The van der Waals surface area contributed by atoms with Crippen molar-refractivity contribution in [2.45, 2.75) is 124 Å².